The number of pyridine rings is 1. The van der Waals surface area contributed by atoms with Gasteiger partial charge in [0.2, 0.25) is 5.91 Å². The summed E-state index contributed by atoms with van der Waals surface area (Å²) >= 11 is 6.09. The van der Waals surface area contributed by atoms with E-state index in [-0.39, 0.29) is 18.6 Å². The topological polar surface area (TPSA) is 66.6 Å². The van der Waals surface area contributed by atoms with E-state index in [1.807, 2.05) is 35.7 Å². The number of nitrogens with one attached hydrogen (secondary N) is 1. The van der Waals surface area contributed by atoms with Gasteiger partial charge in [-0.1, -0.05) is 24.6 Å². The molecule has 0 aliphatic rings. The number of rotatable bonds is 6. The van der Waals surface area contributed by atoms with E-state index in [9.17, 15) is 4.79 Å². The van der Waals surface area contributed by atoms with Crippen molar-refractivity contribution in [3.8, 4) is 0 Å². The molecule has 0 radical (unpaired) electrons. The summed E-state index contributed by atoms with van der Waals surface area (Å²) in [5, 5.41) is 12.1. The number of nitrogens with zero attached hydrogens (tertiary/aromatic N) is 2. The van der Waals surface area contributed by atoms with Crippen molar-refractivity contribution in [3.05, 3.63) is 41.3 Å². The summed E-state index contributed by atoms with van der Waals surface area (Å²) < 4.78 is 1.82. The number of imidazole rings is 1. The van der Waals surface area contributed by atoms with Gasteiger partial charge in [-0.05, 0) is 31.1 Å². The van der Waals surface area contributed by atoms with E-state index in [1.54, 1.807) is 6.08 Å². The highest BCUT2D eigenvalue weighted by Gasteiger charge is 2.09. The van der Waals surface area contributed by atoms with Gasteiger partial charge in [-0.3, -0.25) is 9.20 Å². The van der Waals surface area contributed by atoms with Crippen LogP contribution in [0.2, 0.25) is 5.15 Å². The lowest BCUT2D eigenvalue weighted by molar-refractivity contribution is -0.117. The quantitative estimate of drug-likeness (QED) is 0.805. The predicted molar refractivity (Wildman–Crippen MR) is 83.2 cm³/mol. The molecule has 0 fully saturated rings. The molecule has 112 valence electrons. The maximum absolute atomic E-state index is 11.9. The van der Waals surface area contributed by atoms with Crippen molar-refractivity contribution in [1.82, 2.24) is 14.7 Å². The number of aliphatic hydroxyl groups excluding tert-OH is 1. The van der Waals surface area contributed by atoms with Gasteiger partial charge in [-0.2, -0.15) is 0 Å². The van der Waals surface area contributed by atoms with Crippen molar-refractivity contribution in [2.75, 3.05) is 6.61 Å². The lowest BCUT2D eigenvalue weighted by Gasteiger charge is -2.13. The molecule has 2 aromatic heterocycles. The molecule has 0 saturated heterocycles. The normalized spacial score (nSPS) is 12.9. The van der Waals surface area contributed by atoms with E-state index in [1.165, 1.54) is 6.08 Å². The number of aromatic nitrogens is 2. The van der Waals surface area contributed by atoms with E-state index in [2.05, 4.69) is 10.3 Å². The van der Waals surface area contributed by atoms with Crippen molar-refractivity contribution in [1.29, 1.82) is 0 Å². The first-order valence-electron chi connectivity index (χ1n) is 6.87. The van der Waals surface area contributed by atoms with Crippen LogP contribution in [0.4, 0.5) is 0 Å². The van der Waals surface area contributed by atoms with E-state index in [4.69, 9.17) is 16.7 Å². The van der Waals surface area contributed by atoms with Crippen LogP contribution in [0.3, 0.4) is 0 Å². The van der Waals surface area contributed by atoms with Gasteiger partial charge in [0.05, 0.1) is 5.69 Å². The maximum atomic E-state index is 11.9. The Labute approximate surface area is 128 Å². The van der Waals surface area contributed by atoms with E-state index in [0.717, 1.165) is 12.1 Å². The van der Waals surface area contributed by atoms with Gasteiger partial charge in [0.15, 0.2) is 5.15 Å². The first-order valence-corrected chi connectivity index (χ1v) is 7.25. The molecule has 2 heterocycles. The Bertz CT molecular complexity index is 651. The first-order chi connectivity index (χ1) is 10.2. The van der Waals surface area contributed by atoms with Gasteiger partial charge in [-0.25, -0.2) is 4.98 Å². The number of hydrogen-bond donors (Lipinski definition) is 2. The maximum Gasteiger partial charge on any atom is 0.244 e. The highest BCUT2D eigenvalue weighted by Crippen LogP contribution is 2.18. The summed E-state index contributed by atoms with van der Waals surface area (Å²) in [6.45, 7) is 2.02. The minimum absolute atomic E-state index is 0.0233. The number of aliphatic hydroxyl groups is 1. The summed E-state index contributed by atoms with van der Waals surface area (Å²) in [7, 11) is 0. The molecule has 1 amide bonds. The van der Waals surface area contributed by atoms with Gasteiger partial charge in [0.25, 0.3) is 0 Å². The third-order valence-corrected chi connectivity index (χ3v) is 3.51. The molecular weight excluding hydrogens is 290 g/mol. The lowest BCUT2D eigenvalue weighted by atomic mass is 10.1. The van der Waals surface area contributed by atoms with Crippen LogP contribution in [0.25, 0.3) is 11.7 Å². The van der Waals surface area contributed by atoms with Gasteiger partial charge < -0.3 is 10.4 Å². The zero-order valence-electron chi connectivity index (χ0n) is 11.8. The molecule has 0 aliphatic carbocycles. The Morgan fingerprint density at radius 2 is 2.38 bits per heavy atom. The molecule has 21 heavy (non-hydrogen) atoms. The standard InChI is InChI=1S/C15H18ClN3O2/c1-2-11(8-10-20)17-14(21)7-6-12-15(16)18-13-5-3-4-9-19(12)13/h3-7,9,11,20H,2,8,10H2,1H3,(H,17,21)/b7-6+. The number of amides is 1. The fraction of sp³-hybridized carbons (Fsp3) is 0.333. The van der Waals surface area contributed by atoms with Crippen LogP contribution < -0.4 is 5.32 Å². The Morgan fingerprint density at radius 1 is 1.57 bits per heavy atom. The molecule has 1 unspecified atom stereocenters. The second-order valence-electron chi connectivity index (χ2n) is 4.68. The van der Waals surface area contributed by atoms with Gasteiger partial charge >= 0.3 is 0 Å². The zero-order chi connectivity index (χ0) is 15.2. The average molecular weight is 308 g/mol. The number of carbonyl (C=O) groups excluding carboxylic acids is 1. The third kappa shape index (κ3) is 3.83. The summed E-state index contributed by atoms with van der Waals surface area (Å²) in [5.41, 5.74) is 1.40. The molecule has 2 N–H and O–H groups in total. The number of halogens is 1. The monoisotopic (exact) mass is 307 g/mol. The Balaban J connectivity index is 2.12. The largest absolute Gasteiger partial charge is 0.396 e. The summed E-state index contributed by atoms with van der Waals surface area (Å²) in [6.07, 6.45) is 6.24. The van der Waals surface area contributed by atoms with Crippen LogP contribution in [0.15, 0.2) is 30.5 Å². The van der Waals surface area contributed by atoms with Crippen LogP contribution in [0.1, 0.15) is 25.5 Å². The van der Waals surface area contributed by atoms with E-state index < -0.39 is 0 Å². The number of hydrogen-bond acceptors (Lipinski definition) is 3. The Morgan fingerprint density at radius 3 is 3.10 bits per heavy atom. The van der Waals surface area contributed by atoms with Crippen molar-refractivity contribution >= 4 is 29.2 Å². The second kappa shape index (κ2) is 7.24. The Hall–Kier alpha value is -1.85. The molecule has 6 heteroatoms. The average Bonchev–Trinajstić information content (AvgIpc) is 2.80. The minimum atomic E-state index is -0.211. The predicted octanol–water partition coefficient (Wildman–Crippen LogP) is 2.28. The van der Waals surface area contributed by atoms with Gasteiger partial charge in [0.1, 0.15) is 5.65 Å². The molecular formula is C15H18ClN3O2. The van der Waals surface area contributed by atoms with Crippen LogP contribution in [0, 0.1) is 0 Å². The number of carbonyl (C=O) groups is 1. The van der Waals surface area contributed by atoms with Gasteiger partial charge in [0, 0.05) is 24.9 Å². The first kappa shape index (κ1) is 15.5. The minimum Gasteiger partial charge on any atom is -0.396 e. The highest BCUT2D eigenvalue weighted by atomic mass is 35.5. The highest BCUT2D eigenvalue weighted by molar-refractivity contribution is 6.31. The van der Waals surface area contributed by atoms with Gasteiger partial charge in [-0.15, -0.1) is 0 Å². The molecule has 0 aliphatic heterocycles. The van der Waals surface area contributed by atoms with Crippen LogP contribution in [0.5, 0.6) is 0 Å². The number of fused-ring (bicyclic) bond motifs is 1. The third-order valence-electron chi connectivity index (χ3n) is 3.23. The van der Waals surface area contributed by atoms with Crippen molar-refractivity contribution in [3.63, 3.8) is 0 Å². The van der Waals surface area contributed by atoms with Crippen molar-refractivity contribution in [2.24, 2.45) is 0 Å². The molecule has 5 nitrogen and oxygen atoms in total. The fourth-order valence-electron chi connectivity index (χ4n) is 2.07. The summed E-state index contributed by atoms with van der Waals surface area (Å²) in [4.78, 5) is 16.1. The van der Waals surface area contributed by atoms with E-state index in [0.29, 0.717) is 17.3 Å². The van der Waals surface area contributed by atoms with Crippen LogP contribution in [-0.2, 0) is 4.79 Å². The molecule has 1 atom stereocenters. The van der Waals surface area contributed by atoms with Crippen molar-refractivity contribution in [2.45, 2.75) is 25.8 Å². The fourth-order valence-corrected chi connectivity index (χ4v) is 2.31. The molecule has 0 bridgehead atoms. The lowest BCUT2D eigenvalue weighted by Crippen LogP contribution is -2.33. The molecule has 0 spiro atoms. The van der Waals surface area contributed by atoms with Crippen LogP contribution in [-0.4, -0.2) is 33.0 Å². The molecule has 0 saturated carbocycles. The molecule has 0 aromatic carbocycles. The van der Waals surface area contributed by atoms with Crippen molar-refractivity contribution < 1.29 is 9.90 Å². The SMILES string of the molecule is CCC(CCO)NC(=O)/C=C/c1c(Cl)nc2ccccn12. The Kier molecular flexibility index (Phi) is 5.36. The smallest absolute Gasteiger partial charge is 0.244 e. The summed E-state index contributed by atoms with van der Waals surface area (Å²) in [5.74, 6) is -0.211. The van der Waals surface area contributed by atoms with E-state index >= 15 is 0 Å². The molecule has 2 aromatic rings. The molecule has 2 rings (SSSR count). The summed E-state index contributed by atoms with van der Waals surface area (Å²) in [6, 6.07) is 5.57. The zero-order valence-corrected chi connectivity index (χ0v) is 12.5. The second-order valence-corrected chi connectivity index (χ2v) is 5.03. The van der Waals surface area contributed by atoms with Crippen LogP contribution >= 0.6 is 11.6 Å².